The maximum atomic E-state index is 16.5. The summed E-state index contributed by atoms with van der Waals surface area (Å²) in [5, 5.41) is 0. The molecule has 0 saturated carbocycles. The van der Waals surface area contributed by atoms with Gasteiger partial charge in [0, 0.05) is 43.2 Å². The summed E-state index contributed by atoms with van der Waals surface area (Å²) in [7, 11) is 4.11. The molecule has 0 N–H and O–H groups in total. The van der Waals surface area contributed by atoms with Crippen molar-refractivity contribution in [1.82, 2.24) is 4.90 Å². The summed E-state index contributed by atoms with van der Waals surface area (Å²) in [4.78, 5) is 2.94. The summed E-state index contributed by atoms with van der Waals surface area (Å²) in [5.74, 6) is -4.69. The lowest BCUT2D eigenvalue weighted by molar-refractivity contribution is -0.254. The van der Waals surface area contributed by atoms with E-state index >= 15 is 26.3 Å². The van der Waals surface area contributed by atoms with Crippen molar-refractivity contribution in [1.29, 1.82) is 0 Å². The molecular formula is C49H39F6NS2. The highest BCUT2D eigenvalue weighted by Crippen LogP contribution is 2.66. The molecule has 2 aromatic heterocycles. The van der Waals surface area contributed by atoms with Crippen LogP contribution in [0.5, 0.6) is 0 Å². The molecule has 0 unspecified atom stereocenters. The van der Waals surface area contributed by atoms with E-state index < -0.39 is 40.0 Å². The molecule has 1 nitrogen and oxygen atoms in total. The van der Waals surface area contributed by atoms with Gasteiger partial charge in [-0.25, -0.2) is 0 Å². The number of aryl methyl sites for hydroxylation is 1. The minimum atomic E-state index is -5.76. The number of rotatable bonds is 11. The highest BCUT2D eigenvalue weighted by molar-refractivity contribution is 7.16. The third-order valence-electron chi connectivity index (χ3n) is 9.98. The first-order chi connectivity index (χ1) is 27.9. The van der Waals surface area contributed by atoms with E-state index in [2.05, 4.69) is 42.7 Å². The molecule has 0 aliphatic heterocycles. The SMILES string of the molecule is CN(C)CCCCCCc1ccc(-c2cc(C3=C(c4cc(-c5ccccc5)sc4C#Cc4ccccc4)C(F)(F)C(F)(F)C3(F)F)c(C#Cc3ccccc3)s2)cc1. The molecule has 0 radical (unpaired) electrons. The van der Waals surface area contributed by atoms with Crippen LogP contribution < -0.4 is 0 Å². The lowest BCUT2D eigenvalue weighted by atomic mass is 9.94. The molecule has 2 heterocycles. The standard InChI is InChI=1S/C49H39F6NS2/c1-56(2)31-15-4-3-8-20-36-23-27-38(28-24-36)44-33-40(42(58-44)30-26-35-18-11-6-12-19-35)46-45(47(50,51)49(54,55)48(46,52)53)39-32-43(37-21-13-7-14-22-37)57-41(39)29-25-34-16-9-5-10-17-34/h5-7,9-14,16-19,21-24,27-28,32-33H,3-4,8,15,20,31H2,1-2H3. The summed E-state index contributed by atoms with van der Waals surface area (Å²) >= 11 is 1.99. The average Bonchev–Trinajstić information content (AvgIpc) is 3.87. The fraction of sp³-hybridized carbons (Fsp3) is 0.224. The molecule has 1 aliphatic carbocycles. The van der Waals surface area contributed by atoms with Crippen molar-refractivity contribution < 1.29 is 26.3 Å². The molecule has 0 saturated heterocycles. The minimum absolute atomic E-state index is 0.0308. The summed E-state index contributed by atoms with van der Waals surface area (Å²) in [5.41, 5.74) is -0.421. The number of halogens is 6. The van der Waals surface area contributed by atoms with Gasteiger partial charge in [0.2, 0.25) is 0 Å². The molecule has 1 aliphatic rings. The third kappa shape index (κ3) is 8.45. The number of benzene rings is 4. The van der Waals surface area contributed by atoms with Gasteiger partial charge in [0.05, 0.1) is 9.75 Å². The van der Waals surface area contributed by atoms with E-state index in [0.717, 1.165) is 66.9 Å². The second-order valence-electron chi connectivity index (χ2n) is 14.4. The smallest absolute Gasteiger partial charge is 0.309 e. The van der Waals surface area contributed by atoms with Gasteiger partial charge in [-0.3, -0.25) is 0 Å². The summed E-state index contributed by atoms with van der Waals surface area (Å²) in [6, 6.07) is 36.3. The van der Waals surface area contributed by atoms with Crippen molar-refractivity contribution in [3.63, 3.8) is 0 Å². The number of hydrogen-bond donors (Lipinski definition) is 0. The number of nitrogens with zero attached hydrogens (tertiary/aromatic N) is 1. The normalized spacial score (nSPS) is 15.2. The lowest BCUT2D eigenvalue weighted by Gasteiger charge is -2.25. The number of hydrogen-bond acceptors (Lipinski definition) is 3. The van der Waals surface area contributed by atoms with E-state index in [0.29, 0.717) is 32.0 Å². The van der Waals surface area contributed by atoms with E-state index in [4.69, 9.17) is 0 Å². The second kappa shape index (κ2) is 17.3. The fourth-order valence-electron chi connectivity index (χ4n) is 6.91. The van der Waals surface area contributed by atoms with Crippen LogP contribution in [0.2, 0.25) is 0 Å². The van der Waals surface area contributed by atoms with Crippen molar-refractivity contribution >= 4 is 33.8 Å². The molecule has 0 bridgehead atoms. The molecule has 0 atom stereocenters. The Bertz CT molecular complexity index is 2510. The largest absolute Gasteiger partial charge is 0.380 e. The highest BCUT2D eigenvalue weighted by atomic mass is 32.1. The summed E-state index contributed by atoms with van der Waals surface area (Å²) in [6.45, 7) is 1.04. The van der Waals surface area contributed by atoms with Crippen molar-refractivity contribution in [3.05, 3.63) is 165 Å². The summed E-state index contributed by atoms with van der Waals surface area (Å²) in [6.07, 6.45) is 5.21. The Morgan fingerprint density at radius 2 is 0.931 bits per heavy atom. The monoisotopic (exact) mass is 819 g/mol. The van der Waals surface area contributed by atoms with Gasteiger partial charge in [0.25, 0.3) is 0 Å². The summed E-state index contributed by atoms with van der Waals surface area (Å²) < 4.78 is 97.6. The Labute approximate surface area is 343 Å². The zero-order valence-corrected chi connectivity index (χ0v) is 33.5. The van der Waals surface area contributed by atoms with Crippen LogP contribution in [0.4, 0.5) is 26.3 Å². The Morgan fingerprint density at radius 3 is 1.40 bits per heavy atom. The van der Waals surface area contributed by atoms with Gasteiger partial charge in [-0.15, -0.1) is 22.7 Å². The van der Waals surface area contributed by atoms with Gasteiger partial charge >= 0.3 is 17.8 Å². The zero-order valence-electron chi connectivity index (χ0n) is 31.9. The van der Waals surface area contributed by atoms with Gasteiger partial charge < -0.3 is 4.90 Å². The Hall–Kier alpha value is -5.32. The maximum Gasteiger partial charge on any atom is 0.380 e. The van der Waals surface area contributed by atoms with Crippen molar-refractivity contribution in [3.8, 4) is 44.6 Å². The van der Waals surface area contributed by atoms with Crippen LogP contribution in [0.3, 0.4) is 0 Å². The van der Waals surface area contributed by atoms with Gasteiger partial charge in [0.15, 0.2) is 0 Å². The molecule has 7 rings (SSSR count). The van der Waals surface area contributed by atoms with E-state index in [1.807, 2.05) is 24.3 Å². The molecule has 9 heteroatoms. The predicted molar refractivity (Wildman–Crippen MR) is 227 cm³/mol. The van der Waals surface area contributed by atoms with Gasteiger partial charge in [0.1, 0.15) is 0 Å². The fourth-order valence-corrected chi connectivity index (χ4v) is 8.95. The number of allylic oxidation sites excluding steroid dienone is 2. The van der Waals surface area contributed by atoms with Gasteiger partial charge in [-0.2, -0.15) is 26.3 Å². The minimum Gasteiger partial charge on any atom is -0.309 e. The van der Waals surface area contributed by atoms with E-state index in [9.17, 15) is 0 Å². The van der Waals surface area contributed by atoms with Crippen LogP contribution in [0, 0.1) is 23.7 Å². The quantitative estimate of drug-likeness (QED) is 0.0715. The van der Waals surface area contributed by atoms with Crippen LogP contribution in [-0.4, -0.2) is 43.3 Å². The molecule has 58 heavy (non-hydrogen) atoms. The van der Waals surface area contributed by atoms with E-state index in [1.54, 1.807) is 91.0 Å². The van der Waals surface area contributed by atoms with E-state index in [-0.39, 0.29) is 9.75 Å². The molecule has 6 aromatic rings. The average molecular weight is 820 g/mol. The molecule has 294 valence electrons. The van der Waals surface area contributed by atoms with Crippen molar-refractivity contribution in [2.75, 3.05) is 20.6 Å². The second-order valence-corrected chi connectivity index (χ2v) is 16.5. The predicted octanol–water partition coefficient (Wildman–Crippen LogP) is 13.4. The van der Waals surface area contributed by atoms with Crippen LogP contribution in [-0.2, 0) is 6.42 Å². The Morgan fingerprint density at radius 1 is 0.500 bits per heavy atom. The molecule has 0 amide bonds. The first-order valence-corrected chi connectivity index (χ1v) is 20.6. The van der Waals surface area contributed by atoms with Crippen molar-refractivity contribution in [2.24, 2.45) is 0 Å². The topological polar surface area (TPSA) is 3.24 Å². The van der Waals surface area contributed by atoms with Crippen LogP contribution in [0.1, 0.15) is 63.3 Å². The van der Waals surface area contributed by atoms with E-state index in [1.165, 1.54) is 12.1 Å². The number of thiophene rings is 2. The molecule has 0 spiro atoms. The number of unbranched alkanes of at least 4 members (excludes halogenated alkanes) is 3. The zero-order chi connectivity index (χ0) is 40.9. The first kappa shape index (κ1) is 40.9. The van der Waals surface area contributed by atoms with Gasteiger partial charge in [-0.05, 0) is 93.0 Å². The maximum absolute atomic E-state index is 16.5. The van der Waals surface area contributed by atoms with Crippen LogP contribution in [0.25, 0.3) is 32.0 Å². The molecular weight excluding hydrogens is 781 g/mol. The first-order valence-electron chi connectivity index (χ1n) is 19.0. The Balaban J connectivity index is 1.38. The highest BCUT2D eigenvalue weighted by Gasteiger charge is 2.80. The molecule has 0 fully saturated rings. The Kier molecular flexibility index (Phi) is 12.2. The van der Waals surface area contributed by atoms with Crippen LogP contribution >= 0.6 is 22.7 Å². The van der Waals surface area contributed by atoms with Gasteiger partial charge in [-0.1, -0.05) is 128 Å². The van der Waals surface area contributed by atoms with Crippen molar-refractivity contribution in [2.45, 2.75) is 49.9 Å². The van der Waals surface area contributed by atoms with Crippen LogP contribution in [0.15, 0.2) is 127 Å². The lowest BCUT2D eigenvalue weighted by Crippen LogP contribution is -2.48. The number of alkyl halides is 6. The third-order valence-corrected chi connectivity index (χ3v) is 12.2. The molecule has 4 aromatic carbocycles.